The molecular weight excluding hydrogens is 320 g/mol. The third-order valence-electron chi connectivity index (χ3n) is 3.15. The summed E-state index contributed by atoms with van der Waals surface area (Å²) in [6, 6.07) is 9.83. The van der Waals surface area contributed by atoms with Gasteiger partial charge in [0.2, 0.25) is 0 Å². The lowest BCUT2D eigenvalue weighted by molar-refractivity contribution is 0.0696. The highest BCUT2D eigenvalue weighted by Crippen LogP contribution is 2.28. The molecule has 2 aromatic rings. The van der Waals surface area contributed by atoms with Crippen molar-refractivity contribution in [2.45, 2.75) is 6.92 Å². The average molecular weight is 337 g/mol. The SMILES string of the molecule is COc1ccc(C(=O)O)cc1OCCOc1ccc(Cl)c(C)c1. The third kappa shape index (κ3) is 4.53. The van der Waals surface area contributed by atoms with E-state index in [0.717, 1.165) is 5.56 Å². The second-order valence-electron chi connectivity index (χ2n) is 4.78. The molecule has 1 N–H and O–H groups in total. The van der Waals surface area contributed by atoms with Crippen molar-refractivity contribution in [1.29, 1.82) is 0 Å². The number of carbonyl (C=O) groups is 1. The minimum atomic E-state index is -1.02. The van der Waals surface area contributed by atoms with E-state index < -0.39 is 5.97 Å². The Kier molecular flexibility index (Phi) is 5.71. The zero-order valence-electron chi connectivity index (χ0n) is 12.8. The van der Waals surface area contributed by atoms with Gasteiger partial charge in [0, 0.05) is 5.02 Å². The van der Waals surface area contributed by atoms with E-state index in [1.165, 1.54) is 19.2 Å². The largest absolute Gasteiger partial charge is 0.493 e. The lowest BCUT2D eigenvalue weighted by Gasteiger charge is -2.12. The Morgan fingerprint density at radius 1 is 1.09 bits per heavy atom. The molecule has 0 amide bonds. The predicted octanol–water partition coefficient (Wildman–Crippen LogP) is 3.81. The van der Waals surface area contributed by atoms with Gasteiger partial charge in [0.25, 0.3) is 0 Å². The van der Waals surface area contributed by atoms with Crippen molar-refractivity contribution in [3.63, 3.8) is 0 Å². The van der Waals surface area contributed by atoms with E-state index in [9.17, 15) is 4.79 Å². The number of hydrogen-bond donors (Lipinski definition) is 1. The minimum Gasteiger partial charge on any atom is -0.493 e. The molecular formula is C17H17ClO5. The van der Waals surface area contributed by atoms with Crippen molar-refractivity contribution >= 4 is 17.6 Å². The molecule has 0 saturated carbocycles. The van der Waals surface area contributed by atoms with Crippen LogP contribution in [-0.4, -0.2) is 31.4 Å². The number of rotatable bonds is 7. The van der Waals surface area contributed by atoms with Crippen molar-refractivity contribution in [1.82, 2.24) is 0 Å². The third-order valence-corrected chi connectivity index (χ3v) is 3.57. The van der Waals surface area contributed by atoms with E-state index in [2.05, 4.69) is 0 Å². The van der Waals surface area contributed by atoms with Crippen LogP contribution in [0.5, 0.6) is 17.2 Å². The normalized spacial score (nSPS) is 10.2. The van der Waals surface area contributed by atoms with Crippen LogP contribution in [0.4, 0.5) is 0 Å². The Morgan fingerprint density at radius 3 is 2.48 bits per heavy atom. The molecule has 122 valence electrons. The Balaban J connectivity index is 1.94. The zero-order chi connectivity index (χ0) is 16.8. The number of benzene rings is 2. The lowest BCUT2D eigenvalue weighted by atomic mass is 10.2. The number of hydrogen-bond acceptors (Lipinski definition) is 4. The molecule has 2 aromatic carbocycles. The first-order valence-electron chi connectivity index (χ1n) is 6.94. The Morgan fingerprint density at radius 2 is 1.83 bits per heavy atom. The van der Waals surface area contributed by atoms with Crippen molar-refractivity contribution in [2.24, 2.45) is 0 Å². The van der Waals surface area contributed by atoms with E-state index in [1.54, 1.807) is 18.2 Å². The van der Waals surface area contributed by atoms with Crippen LogP contribution in [0.1, 0.15) is 15.9 Å². The maximum absolute atomic E-state index is 11.0. The maximum atomic E-state index is 11.0. The molecule has 0 atom stereocenters. The highest BCUT2D eigenvalue weighted by molar-refractivity contribution is 6.31. The number of aryl methyl sites for hydroxylation is 1. The molecule has 0 saturated heterocycles. The van der Waals surface area contributed by atoms with Crippen LogP contribution in [-0.2, 0) is 0 Å². The van der Waals surface area contributed by atoms with Crippen LogP contribution >= 0.6 is 11.6 Å². The first kappa shape index (κ1) is 17.0. The number of methoxy groups -OCH3 is 1. The number of halogens is 1. The highest BCUT2D eigenvalue weighted by Gasteiger charge is 2.10. The van der Waals surface area contributed by atoms with Gasteiger partial charge in [0.05, 0.1) is 12.7 Å². The molecule has 2 rings (SSSR count). The van der Waals surface area contributed by atoms with E-state index in [-0.39, 0.29) is 12.2 Å². The monoisotopic (exact) mass is 336 g/mol. The van der Waals surface area contributed by atoms with E-state index >= 15 is 0 Å². The molecule has 0 spiro atoms. The van der Waals surface area contributed by atoms with Gasteiger partial charge in [-0.05, 0) is 48.9 Å². The van der Waals surface area contributed by atoms with Crippen LogP contribution in [0, 0.1) is 6.92 Å². The molecule has 0 aliphatic rings. The molecule has 0 bridgehead atoms. The lowest BCUT2D eigenvalue weighted by Crippen LogP contribution is -2.10. The first-order chi connectivity index (χ1) is 11.0. The van der Waals surface area contributed by atoms with Gasteiger partial charge in [-0.3, -0.25) is 0 Å². The number of carboxylic acids is 1. The van der Waals surface area contributed by atoms with Crippen molar-refractivity contribution < 1.29 is 24.1 Å². The topological polar surface area (TPSA) is 65.0 Å². The summed E-state index contributed by atoms with van der Waals surface area (Å²) in [5.74, 6) is 0.507. The predicted molar refractivity (Wildman–Crippen MR) is 87.1 cm³/mol. The molecule has 0 heterocycles. The van der Waals surface area contributed by atoms with Gasteiger partial charge in [-0.25, -0.2) is 4.79 Å². The summed E-state index contributed by atoms with van der Waals surface area (Å²) in [6.07, 6.45) is 0. The van der Waals surface area contributed by atoms with Gasteiger partial charge < -0.3 is 19.3 Å². The standard InChI is InChI=1S/C17H17ClO5/c1-11-9-13(4-5-14(11)18)22-7-8-23-16-10-12(17(19)20)3-6-15(16)21-2/h3-6,9-10H,7-8H2,1-2H3,(H,19,20). The summed E-state index contributed by atoms with van der Waals surface area (Å²) >= 11 is 5.95. The van der Waals surface area contributed by atoms with Crippen LogP contribution in [0.15, 0.2) is 36.4 Å². The van der Waals surface area contributed by atoms with E-state index in [1.807, 2.05) is 13.0 Å². The molecule has 0 aliphatic carbocycles. The second-order valence-corrected chi connectivity index (χ2v) is 5.19. The maximum Gasteiger partial charge on any atom is 0.335 e. The van der Waals surface area contributed by atoms with Gasteiger partial charge in [-0.15, -0.1) is 0 Å². The molecule has 0 aliphatic heterocycles. The fraction of sp³-hybridized carbons (Fsp3) is 0.235. The Bertz CT molecular complexity index is 699. The molecule has 0 fully saturated rings. The van der Waals surface area contributed by atoms with Gasteiger partial charge in [0.1, 0.15) is 19.0 Å². The number of carboxylic acid groups (broad SMARTS) is 1. The fourth-order valence-electron chi connectivity index (χ4n) is 1.94. The summed E-state index contributed by atoms with van der Waals surface area (Å²) in [4.78, 5) is 11.0. The van der Waals surface area contributed by atoms with Gasteiger partial charge in [0.15, 0.2) is 11.5 Å². The molecule has 6 heteroatoms. The molecule has 23 heavy (non-hydrogen) atoms. The van der Waals surface area contributed by atoms with E-state index in [4.69, 9.17) is 30.9 Å². The first-order valence-corrected chi connectivity index (χ1v) is 7.32. The van der Waals surface area contributed by atoms with Crippen molar-refractivity contribution in [3.8, 4) is 17.2 Å². The van der Waals surface area contributed by atoms with Crippen molar-refractivity contribution in [2.75, 3.05) is 20.3 Å². The Hall–Kier alpha value is -2.40. The molecule has 5 nitrogen and oxygen atoms in total. The Labute approximate surface area is 139 Å². The zero-order valence-corrected chi connectivity index (χ0v) is 13.6. The van der Waals surface area contributed by atoms with Gasteiger partial charge in [-0.2, -0.15) is 0 Å². The highest BCUT2D eigenvalue weighted by atomic mass is 35.5. The molecule has 0 unspecified atom stereocenters. The quantitative estimate of drug-likeness (QED) is 0.779. The van der Waals surface area contributed by atoms with Crippen LogP contribution in [0.25, 0.3) is 0 Å². The summed E-state index contributed by atoms with van der Waals surface area (Å²) in [5.41, 5.74) is 1.07. The molecule has 0 radical (unpaired) electrons. The summed E-state index contributed by atoms with van der Waals surface area (Å²) < 4.78 is 16.3. The van der Waals surface area contributed by atoms with Crippen LogP contribution in [0.2, 0.25) is 5.02 Å². The smallest absolute Gasteiger partial charge is 0.335 e. The van der Waals surface area contributed by atoms with Gasteiger partial charge in [-0.1, -0.05) is 11.6 Å². The number of ether oxygens (including phenoxy) is 3. The summed E-state index contributed by atoms with van der Waals surface area (Å²) in [6.45, 7) is 2.45. The molecule has 0 aromatic heterocycles. The van der Waals surface area contributed by atoms with Crippen molar-refractivity contribution in [3.05, 3.63) is 52.5 Å². The second kappa shape index (κ2) is 7.74. The summed E-state index contributed by atoms with van der Waals surface area (Å²) in [5, 5.41) is 9.69. The summed E-state index contributed by atoms with van der Waals surface area (Å²) in [7, 11) is 1.50. The number of aromatic carboxylic acids is 1. The fourth-order valence-corrected chi connectivity index (χ4v) is 2.06. The van der Waals surface area contributed by atoms with E-state index in [0.29, 0.717) is 28.9 Å². The van der Waals surface area contributed by atoms with Crippen LogP contribution < -0.4 is 14.2 Å². The average Bonchev–Trinajstić information content (AvgIpc) is 2.54. The van der Waals surface area contributed by atoms with Crippen LogP contribution in [0.3, 0.4) is 0 Å². The van der Waals surface area contributed by atoms with Gasteiger partial charge >= 0.3 is 5.97 Å². The minimum absolute atomic E-state index is 0.134.